The Labute approximate surface area is 128 Å². The number of carbonyl (C=O) groups is 1. The molecule has 1 unspecified atom stereocenters. The monoisotopic (exact) mass is 358 g/mol. The lowest BCUT2D eigenvalue weighted by Gasteiger charge is -2.10. The van der Waals surface area contributed by atoms with Gasteiger partial charge in [-0.15, -0.1) is 0 Å². The van der Waals surface area contributed by atoms with Crippen LogP contribution in [0.1, 0.15) is 0 Å². The maximum absolute atomic E-state index is 11.9. The van der Waals surface area contributed by atoms with Crippen LogP contribution in [0.15, 0.2) is 17.0 Å². The topological polar surface area (TPSA) is 147 Å². The van der Waals surface area contributed by atoms with E-state index in [4.69, 9.17) is 33.4 Å². The van der Waals surface area contributed by atoms with Gasteiger partial charge in [-0.2, -0.15) is 0 Å². The fraction of sp³-hybridized carbons (Fsp3) is 0.222. The molecule has 0 radical (unpaired) electrons. The zero-order chi connectivity index (χ0) is 16.4. The van der Waals surface area contributed by atoms with E-state index in [0.717, 1.165) is 12.1 Å². The third-order valence-electron chi connectivity index (χ3n) is 2.26. The lowest BCUT2D eigenvalue weighted by molar-refractivity contribution is -0.384. The Balaban J connectivity index is 3.18. The smallest absolute Gasteiger partial charge is 0.333 e. The number of carboxylic acids is 1. The lowest BCUT2D eigenvalue weighted by Crippen LogP contribution is -2.36. The molecule has 1 rings (SSSR count). The van der Waals surface area contributed by atoms with Crippen molar-refractivity contribution >= 4 is 44.9 Å². The summed E-state index contributed by atoms with van der Waals surface area (Å²) in [5, 5.41) is 27.2. The van der Waals surface area contributed by atoms with Crippen molar-refractivity contribution in [2.45, 2.75) is 11.0 Å². The molecule has 12 heteroatoms. The first-order chi connectivity index (χ1) is 9.58. The number of nitrogens with zero attached hydrogens (tertiary/aromatic N) is 1. The number of benzene rings is 1. The Morgan fingerprint density at radius 1 is 1.43 bits per heavy atom. The van der Waals surface area contributed by atoms with Crippen LogP contribution in [0, 0.1) is 10.1 Å². The average molecular weight is 359 g/mol. The Morgan fingerprint density at radius 3 is 2.48 bits per heavy atom. The molecule has 1 atom stereocenters. The van der Waals surface area contributed by atoms with E-state index < -0.39 is 49.2 Å². The molecule has 0 fully saturated rings. The van der Waals surface area contributed by atoms with Crippen molar-refractivity contribution in [2.24, 2.45) is 0 Å². The van der Waals surface area contributed by atoms with Gasteiger partial charge in [0, 0.05) is 6.54 Å². The molecule has 0 amide bonds. The number of rotatable bonds is 6. The molecule has 1 aromatic carbocycles. The minimum Gasteiger partial charge on any atom is -0.479 e. The molecule has 0 saturated carbocycles. The van der Waals surface area contributed by atoms with Gasteiger partial charge in [-0.25, -0.2) is 17.9 Å². The highest BCUT2D eigenvalue weighted by atomic mass is 35.5. The van der Waals surface area contributed by atoms with Crippen molar-refractivity contribution < 1.29 is 28.3 Å². The number of carboxylic acid groups (broad SMARTS) is 1. The van der Waals surface area contributed by atoms with Crippen molar-refractivity contribution in [3.05, 3.63) is 32.3 Å². The van der Waals surface area contributed by atoms with E-state index >= 15 is 0 Å². The number of nitrogens with one attached hydrogen (secondary N) is 1. The van der Waals surface area contributed by atoms with Gasteiger partial charge in [0.05, 0.1) is 4.92 Å². The molecule has 0 aliphatic rings. The van der Waals surface area contributed by atoms with Gasteiger partial charge in [0.15, 0.2) is 6.10 Å². The van der Waals surface area contributed by atoms with Crippen LogP contribution in [-0.2, 0) is 14.8 Å². The van der Waals surface area contributed by atoms with E-state index in [2.05, 4.69) is 0 Å². The molecule has 0 aliphatic heterocycles. The minimum atomic E-state index is -4.36. The second kappa shape index (κ2) is 6.54. The largest absolute Gasteiger partial charge is 0.479 e. The number of halogens is 2. The summed E-state index contributed by atoms with van der Waals surface area (Å²) in [5.74, 6) is -1.63. The van der Waals surface area contributed by atoms with Crippen LogP contribution in [0.2, 0.25) is 10.0 Å². The summed E-state index contributed by atoms with van der Waals surface area (Å²) in [6.07, 6.45) is -1.97. The van der Waals surface area contributed by atoms with E-state index in [-0.39, 0.29) is 5.02 Å². The first kappa shape index (κ1) is 17.6. The minimum absolute atomic E-state index is 0.352. The summed E-state index contributed by atoms with van der Waals surface area (Å²) in [5.41, 5.74) is -0.792. The van der Waals surface area contributed by atoms with Gasteiger partial charge in [-0.05, 0) is 12.1 Å². The molecule has 1 aromatic rings. The molecule has 21 heavy (non-hydrogen) atoms. The second-order valence-electron chi connectivity index (χ2n) is 3.67. The number of hydrogen-bond acceptors (Lipinski definition) is 6. The van der Waals surface area contributed by atoms with Gasteiger partial charge in [0.2, 0.25) is 10.0 Å². The summed E-state index contributed by atoms with van der Waals surface area (Å²) in [6.45, 7) is -0.829. The second-order valence-corrected chi connectivity index (χ2v) is 6.19. The number of aliphatic hydroxyl groups excluding tert-OH is 1. The standard InChI is InChI=1S/C9H8Cl2N2O7S/c10-4-1-2-6(7(11)8(4)13(17)18)21(19,20)12-3-5(14)9(15)16/h1-2,5,12,14H,3H2,(H,15,16). The molecule has 0 spiro atoms. The third kappa shape index (κ3) is 4.02. The molecular formula is C9H8Cl2N2O7S. The number of hydrogen-bond donors (Lipinski definition) is 3. The van der Waals surface area contributed by atoms with E-state index in [1.54, 1.807) is 4.72 Å². The predicted molar refractivity (Wildman–Crippen MR) is 71.9 cm³/mol. The van der Waals surface area contributed by atoms with Gasteiger partial charge in [-0.1, -0.05) is 23.2 Å². The van der Waals surface area contributed by atoms with Gasteiger partial charge in [-0.3, -0.25) is 10.1 Å². The molecule has 0 saturated heterocycles. The van der Waals surface area contributed by atoms with Crippen molar-refractivity contribution in [1.82, 2.24) is 4.72 Å². The van der Waals surface area contributed by atoms with Gasteiger partial charge in [0.25, 0.3) is 0 Å². The lowest BCUT2D eigenvalue weighted by atomic mass is 10.3. The van der Waals surface area contributed by atoms with Crippen molar-refractivity contribution in [1.29, 1.82) is 0 Å². The van der Waals surface area contributed by atoms with Crippen molar-refractivity contribution in [3.8, 4) is 0 Å². The zero-order valence-corrected chi connectivity index (χ0v) is 12.3. The van der Waals surface area contributed by atoms with Gasteiger partial charge < -0.3 is 10.2 Å². The van der Waals surface area contributed by atoms with E-state index in [9.17, 15) is 23.3 Å². The molecule has 116 valence electrons. The highest BCUT2D eigenvalue weighted by Crippen LogP contribution is 2.36. The van der Waals surface area contributed by atoms with Crippen molar-refractivity contribution in [2.75, 3.05) is 6.54 Å². The molecule has 0 heterocycles. The summed E-state index contributed by atoms with van der Waals surface area (Å²) < 4.78 is 25.6. The fourth-order valence-corrected chi connectivity index (χ4v) is 3.18. The zero-order valence-electron chi connectivity index (χ0n) is 9.99. The van der Waals surface area contributed by atoms with Crippen LogP contribution in [0.25, 0.3) is 0 Å². The van der Waals surface area contributed by atoms with Gasteiger partial charge >= 0.3 is 11.7 Å². The van der Waals surface area contributed by atoms with Crippen LogP contribution >= 0.6 is 23.2 Å². The number of nitro groups is 1. The molecule has 3 N–H and O–H groups in total. The Kier molecular flexibility index (Phi) is 5.48. The molecular weight excluding hydrogens is 351 g/mol. The van der Waals surface area contributed by atoms with Crippen LogP contribution in [0.5, 0.6) is 0 Å². The van der Waals surface area contributed by atoms with Crippen molar-refractivity contribution in [3.63, 3.8) is 0 Å². The van der Waals surface area contributed by atoms with Gasteiger partial charge in [0.1, 0.15) is 14.9 Å². The Bertz CT molecular complexity index is 692. The van der Waals surface area contributed by atoms with E-state index in [1.807, 2.05) is 0 Å². The van der Waals surface area contributed by atoms with Crippen LogP contribution in [0.3, 0.4) is 0 Å². The first-order valence-corrected chi connectivity index (χ1v) is 7.34. The van der Waals surface area contributed by atoms with E-state index in [0.29, 0.717) is 0 Å². The fourth-order valence-electron chi connectivity index (χ4n) is 1.25. The summed E-state index contributed by atoms with van der Waals surface area (Å²) in [4.78, 5) is 19.6. The average Bonchev–Trinajstić information content (AvgIpc) is 2.35. The highest BCUT2D eigenvalue weighted by Gasteiger charge is 2.28. The number of sulfonamides is 1. The maximum Gasteiger partial charge on any atom is 0.333 e. The quantitative estimate of drug-likeness (QED) is 0.498. The van der Waals surface area contributed by atoms with Crippen LogP contribution in [-0.4, -0.2) is 42.2 Å². The maximum atomic E-state index is 11.9. The summed E-state index contributed by atoms with van der Waals surface area (Å²) in [7, 11) is -4.36. The van der Waals surface area contributed by atoms with E-state index in [1.165, 1.54) is 0 Å². The van der Waals surface area contributed by atoms with Crippen LogP contribution < -0.4 is 4.72 Å². The molecule has 0 aliphatic carbocycles. The molecule has 9 nitrogen and oxygen atoms in total. The van der Waals surface area contributed by atoms with Crippen LogP contribution in [0.4, 0.5) is 5.69 Å². The molecule has 0 bridgehead atoms. The Hall–Kier alpha value is -1.46. The number of aliphatic carboxylic acids is 1. The third-order valence-corrected chi connectivity index (χ3v) is 4.52. The molecule has 0 aromatic heterocycles. The normalized spacial score (nSPS) is 12.9. The highest BCUT2D eigenvalue weighted by molar-refractivity contribution is 7.89. The summed E-state index contributed by atoms with van der Waals surface area (Å²) >= 11 is 11.2. The summed E-state index contributed by atoms with van der Waals surface area (Å²) in [6, 6.07) is 1.89. The first-order valence-electron chi connectivity index (χ1n) is 5.11. The SMILES string of the molecule is O=C(O)C(O)CNS(=O)(=O)c1ccc(Cl)c([N+](=O)[O-])c1Cl. The number of nitro benzene ring substituents is 1. The predicted octanol–water partition coefficient (Wildman–Crippen LogP) is 0.625. The number of aliphatic hydroxyl groups is 1. The Morgan fingerprint density at radius 2 is 2.00 bits per heavy atom.